The van der Waals surface area contributed by atoms with Gasteiger partial charge in [-0.25, -0.2) is 0 Å². The Hall–Kier alpha value is -2.15. The zero-order valence-corrected chi connectivity index (χ0v) is 13.0. The van der Waals surface area contributed by atoms with Crippen molar-refractivity contribution in [3.8, 4) is 5.75 Å². The van der Waals surface area contributed by atoms with Gasteiger partial charge >= 0.3 is 0 Å². The SMILES string of the molecule is Cc1cccc(OCC(=O)NNC(=S)NC(=O)C(C)C)c1. The molecule has 1 aromatic rings. The highest BCUT2D eigenvalue weighted by Gasteiger charge is 2.09. The van der Waals surface area contributed by atoms with Crippen molar-refractivity contribution in [2.45, 2.75) is 20.8 Å². The number of ether oxygens (including phenoxy) is 1. The molecule has 0 aliphatic carbocycles. The van der Waals surface area contributed by atoms with E-state index in [0.29, 0.717) is 5.75 Å². The third kappa shape index (κ3) is 6.71. The van der Waals surface area contributed by atoms with Gasteiger partial charge < -0.3 is 10.1 Å². The van der Waals surface area contributed by atoms with Crippen molar-refractivity contribution in [2.75, 3.05) is 6.61 Å². The van der Waals surface area contributed by atoms with Crippen molar-refractivity contribution in [3.05, 3.63) is 29.8 Å². The van der Waals surface area contributed by atoms with E-state index in [1.54, 1.807) is 19.9 Å². The van der Waals surface area contributed by atoms with E-state index in [0.717, 1.165) is 5.56 Å². The molecule has 1 rings (SSSR count). The molecule has 0 spiro atoms. The second kappa shape index (κ2) is 8.21. The molecule has 0 aromatic heterocycles. The Balaban J connectivity index is 2.28. The first-order valence-corrected chi connectivity index (χ1v) is 6.88. The average Bonchev–Trinajstić information content (AvgIpc) is 2.42. The lowest BCUT2D eigenvalue weighted by atomic mass is 10.2. The third-order valence-corrected chi connectivity index (χ3v) is 2.64. The van der Waals surface area contributed by atoms with Gasteiger partial charge in [0.05, 0.1) is 0 Å². The number of aryl methyl sites for hydroxylation is 1. The Bertz CT molecular complexity index is 532. The fraction of sp³-hybridized carbons (Fsp3) is 0.357. The Morgan fingerprint density at radius 1 is 1.29 bits per heavy atom. The van der Waals surface area contributed by atoms with E-state index in [1.165, 1.54) is 0 Å². The minimum Gasteiger partial charge on any atom is -0.484 e. The minimum absolute atomic E-state index is 0.0394. The van der Waals surface area contributed by atoms with Crippen LogP contribution in [0, 0.1) is 12.8 Å². The van der Waals surface area contributed by atoms with Crippen LogP contribution in [0.1, 0.15) is 19.4 Å². The Morgan fingerprint density at radius 2 is 2.00 bits per heavy atom. The average molecular weight is 309 g/mol. The first-order chi connectivity index (χ1) is 9.88. The van der Waals surface area contributed by atoms with E-state index in [2.05, 4.69) is 16.2 Å². The zero-order valence-electron chi connectivity index (χ0n) is 12.2. The molecule has 0 heterocycles. The van der Waals surface area contributed by atoms with E-state index >= 15 is 0 Å². The summed E-state index contributed by atoms with van der Waals surface area (Å²) in [6.07, 6.45) is 0. The molecular weight excluding hydrogens is 290 g/mol. The third-order valence-electron chi connectivity index (χ3n) is 2.44. The Morgan fingerprint density at radius 3 is 2.62 bits per heavy atom. The minimum atomic E-state index is -0.405. The van der Waals surface area contributed by atoms with Crippen LogP contribution in [-0.4, -0.2) is 23.5 Å². The number of benzene rings is 1. The van der Waals surface area contributed by atoms with Crippen LogP contribution in [0.4, 0.5) is 0 Å². The van der Waals surface area contributed by atoms with Gasteiger partial charge in [-0.05, 0) is 36.8 Å². The predicted molar refractivity (Wildman–Crippen MR) is 83.5 cm³/mol. The maximum atomic E-state index is 11.6. The summed E-state index contributed by atoms with van der Waals surface area (Å²) in [6, 6.07) is 7.37. The first-order valence-electron chi connectivity index (χ1n) is 6.47. The summed E-state index contributed by atoms with van der Waals surface area (Å²) in [7, 11) is 0. The lowest BCUT2D eigenvalue weighted by Crippen LogP contribution is -2.50. The molecule has 0 atom stereocenters. The lowest BCUT2D eigenvalue weighted by Gasteiger charge is -2.12. The van der Waals surface area contributed by atoms with E-state index in [-0.39, 0.29) is 23.5 Å². The molecule has 7 heteroatoms. The number of nitrogens with one attached hydrogen (secondary N) is 3. The van der Waals surface area contributed by atoms with Crippen LogP contribution in [0.15, 0.2) is 24.3 Å². The van der Waals surface area contributed by atoms with Gasteiger partial charge in [0.15, 0.2) is 11.7 Å². The molecule has 1 aromatic carbocycles. The maximum Gasteiger partial charge on any atom is 0.276 e. The molecule has 21 heavy (non-hydrogen) atoms. The van der Waals surface area contributed by atoms with Crippen LogP contribution in [0.5, 0.6) is 5.75 Å². The van der Waals surface area contributed by atoms with Gasteiger partial charge in [0.1, 0.15) is 5.75 Å². The quantitative estimate of drug-likeness (QED) is 0.572. The van der Waals surface area contributed by atoms with Gasteiger partial charge in [0, 0.05) is 5.92 Å². The van der Waals surface area contributed by atoms with Crippen molar-refractivity contribution in [1.82, 2.24) is 16.2 Å². The molecule has 0 saturated carbocycles. The number of hydrazine groups is 1. The number of hydrogen-bond acceptors (Lipinski definition) is 4. The molecule has 0 saturated heterocycles. The largest absolute Gasteiger partial charge is 0.484 e. The maximum absolute atomic E-state index is 11.6. The predicted octanol–water partition coefficient (Wildman–Crippen LogP) is 1.05. The van der Waals surface area contributed by atoms with Gasteiger partial charge in [-0.15, -0.1) is 0 Å². The van der Waals surface area contributed by atoms with Crippen molar-refractivity contribution in [1.29, 1.82) is 0 Å². The van der Waals surface area contributed by atoms with E-state index in [1.807, 2.05) is 25.1 Å². The molecule has 114 valence electrons. The fourth-order valence-electron chi connectivity index (χ4n) is 1.30. The summed E-state index contributed by atoms with van der Waals surface area (Å²) in [5, 5.41) is 2.48. The van der Waals surface area contributed by atoms with E-state index < -0.39 is 5.91 Å². The molecule has 0 aliphatic rings. The highest BCUT2D eigenvalue weighted by molar-refractivity contribution is 7.80. The van der Waals surface area contributed by atoms with Gasteiger partial charge in [0.25, 0.3) is 5.91 Å². The van der Waals surface area contributed by atoms with Gasteiger partial charge in [-0.2, -0.15) is 0 Å². The molecule has 3 N–H and O–H groups in total. The van der Waals surface area contributed by atoms with Crippen molar-refractivity contribution < 1.29 is 14.3 Å². The second-order valence-corrected chi connectivity index (χ2v) is 5.16. The summed E-state index contributed by atoms with van der Waals surface area (Å²) >= 11 is 4.86. The van der Waals surface area contributed by atoms with Crippen LogP contribution in [0.25, 0.3) is 0 Å². The summed E-state index contributed by atoms with van der Waals surface area (Å²) < 4.78 is 5.32. The van der Waals surface area contributed by atoms with Gasteiger partial charge in [0.2, 0.25) is 5.91 Å². The number of rotatable bonds is 4. The number of carbonyl (C=O) groups is 2. The van der Waals surface area contributed by atoms with Crippen LogP contribution >= 0.6 is 12.2 Å². The van der Waals surface area contributed by atoms with Crippen LogP contribution in [0.3, 0.4) is 0 Å². The topological polar surface area (TPSA) is 79.5 Å². The van der Waals surface area contributed by atoms with Crippen LogP contribution in [0.2, 0.25) is 0 Å². The molecular formula is C14H19N3O3S. The Kier molecular flexibility index (Phi) is 6.61. The summed E-state index contributed by atoms with van der Waals surface area (Å²) in [4.78, 5) is 22.9. The highest BCUT2D eigenvalue weighted by atomic mass is 32.1. The smallest absolute Gasteiger partial charge is 0.276 e. The standard InChI is InChI=1S/C14H19N3O3S/c1-9(2)13(19)15-14(21)17-16-12(18)8-20-11-6-4-5-10(3)7-11/h4-7,9H,8H2,1-3H3,(H,16,18)(H2,15,17,19,21). The summed E-state index contributed by atoms with van der Waals surface area (Å²) in [6.45, 7) is 5.26. The van der Waals surface area contributed by atoms with Gasteiger partial charge in [-0.1, -0.05) is 26.0 Å². The molecule has 6 nitrogen and oxygen atoms in total. The first kappa shape index (κ1) is 16.9. The van der Waals surface area contributed by atoms with Crippen molar-refractivity contribution in [2.24, 2.45) is 5.92 Å². The normalized spacial score (nSPS) is 9.90. The van der Waals surface area contributed by atoms with Crippen molar-refractivity contribution in [3.63, 3.8) is 0 Å². The second-order valence-electron chi connectivity index (χ2n) is 4.75. The highest BCUT2D eigenvalue weighted by Crippen LogP contribution is 2.11. The van der Waals surface area contributed by atoms with E-state index in [9.17, 15) is 9.59 Å². The van der Waals surface area contributed by atoms with Crippen LogP contribution < -0.4 is 20.9 Å². The zero-order chi connectivity index (χ0) is 15.8. The molecule has 0 bridgehead atoms. The molecule has 2 amide bonds. The lowest BCUT2D eigenvalue weighted by molar-refractivity contribution is -0.124. The molecule has 0 radical (unpaired) electrons. The van der Waals surface area contributed by atoms with E-state index in [4.69, 9.17) is 17.0 Å². The summed E-state index contributed by atoms with van der Waals surface area (Å²) in [5.41, 5.74) is 5.82. The Labute approximate surface area is 129 Å². The monoisotopic (exact) mass is 309 g/mol. The number of thiocarbonyl (C=S) groups is 1. The van der Waals surface area contributed by atoms with Gasteiger partial charge in [-0.3, -0.25) is 20.4 Å². The van der Waals surface area contributed by atoms with Crippen molar-refractivity contribution >= 4 is 29.1 Å². The molecule has 0 aliphatic heterocycles. The number of hydrogen-bond donors (Lipinski definition) is 3. The fourth-order valence-corrected chi connectivity index (χ4v) is 1.46. The number of amides is 2. The molecule has 0 fully saturated rings. The number of carbonyl (C=O) groups excluding carboxylic acids is 2. The van der Waals surface area contributed by atoms with Crippen LogP contribution in [-0.2, 0) is 9.59 Å². The summed E-state index contributed by atoms with van der Waals surface area (Å²) in [5.74, 6) is -0.207. The molecule has 0 unspecified atom stereocenters.